The first-order chi connectivity index (χ1) is 19.5. The molecule has 4 rings (SSSR count). The first kappa shape index (κ1) is 32.3. The predicted molar refractivity (Wildman–Crippen MR) is 167 cm³/mol. The molecule has 0 amide bonds. The Kier molecular flexibility index (Phi) is 10.9. The quantitative estimate of drug-likeness (QED) is 0.0960. The van der Waals surface area contributed by atoms with Gasteiger partial charge in [-0.2, -0.15) is 0 Å². The van der Waals surface area contributed by atoms with Crippen LogP contribution in [-0.4, -0.2) is 24.6 Å². The van der Waals surface area contributed by atoms with Gasteiger partial charge in [-0.15, -0.1) is 0 Å². The Hall–Kier alpha value is -1.58. The molecule has 0 radical (unpaired) electrons. The van der Waals surface area contributed by atoms with Crippen molar-refractivity contribution in [3.05, 3.63) is 23.8 Å². The molecule has 4 heteroatoms. The molecule has 0 N–H and O–H groups in total. The highest BCUT2D eigenvalue weighted by Gasteiger charge is 2.59. The summed E-state index contributed by atoms with van der Waals surface area (Å²) < 4.78 is 11.1. The van der Waals surface area contributed by atoms with Crippen molar-refractivity contribution >= 4 is 11.9 Å². The van der Waals surface area contributed by atoms with E-state index in [1.807, 2.05) is 0 Å². The maximum atomic E-state index is 12.6. The molecular weight excluding hydrogens is 508 g/mol. The molecule has 8 atom stereocenters. The third kappa shape index (κ3) is 7.32. The lowest BCUT2D eigenvalue weighted by molar-refractivity contribution is -0.151. The van der Waals surface area contributed by atoms with E-state index in [0.717, 1.165) is 74.0 Å². The summed E-state index contributed by atoms with van der Waals surface area (Å²) in [5.74, 6) is 4.69. The number of hydrogen-bond donors (Lipinski definition) is 0. The number of esters is 2. The number of ether oxygens (including phenoxy) is 2. The van der Waals surface area contributed by atoms with E-state index >= 15 is 0 Å². The zero-order chi connectivity index (χ0) is 29.8. The smallest absolute Gasteiger partial charge is 0.333 e. The van der Waals surface area contributed by atoms with E-state index in [2.05, 4.69) is 47.3 Å². The number of unbranched alkanes of at least 4 members (excludes halogenated alkanes) is 2. The van der Waals surface area contributed by atoms with Crippen LogP contribution in [0.1, 0.15) is 138 Å². The zero-order valence-electron chi connectivity index (χ0n) is 27.3. The summed E-state index contributed by atoms with van der Waals surface area (Å²) in [7, 11) is 0. The maximum Gasteiger partial charge on any atom is 0.333 e. The summed E-state index contributed by atoms with van der Waals surface area (Å²) >= 11 is 0. The van der Waals surface area contributed by atoms with E-state index in [1.54, 1.807) is 12.5 Å². The SMILES string of the molecule is C=C(C)C(=O)OCCCCCC(=O)OC1CC[C@@]2(C)C(=CCC3C2CC[C@@]2(C)C3CC[C@@H]2[C@H](C)CCCC(C)C)C1. The molecule has 4 nitrogen and oxygen atoms in total. The Morgan fingerprint density at radius 2 is 1.76 bits per heavy atom. The molecule has 41 heavy (non-hydrogen) atoms. The van der Waals surface area contributed by atoms with Gasteiger partial charge in [0.05, 0.1) is 6.61 Å². The van der Waals surface area contributed by atoms with Crippen molar-refractivity contribution in [1.29, 1.82) is 0 Å². The molecule has 0 aliphatic heterocycles. The molecule has 0 aromatic rings. The van der Waals surface area contributed by atoms with E-state index in [9.17, 15) is 9.59 Å². The van der Waals surface area contributed by atoms with Crippen molar-refractivity contribution in [3.8, 4) is 0 Å². The Morgan fingerprint density at radius 3 is 2.49 bits per heavy atom. The van der Waals surface area contributed by atoms with Crippen molar-refractivity contribution in [3.63, 3.8) is 0 Å². The van der Waals surface area contributed by atoms with Crippen LogP contribution in [0.5, 0.6) is 0 Å². The average Bonchev–Trinajstić information content (AvgIpc) is 3.27. The average molecular weight is 569 g/mol. The van der Waals surface area contributed by atoms with Crippen LogP contribution in [0.2, 0.25) is 0 Å². The predicted octanol–water partition coefficient (Wildman–Crippen LogP) is 9.62. The van der Waals surface area contributed by atoms with Crippen molar-refractivity contribution < 1.29 is 19.1 Å². The number of fused-ring (bicyclic) bond motifs is 5. The minimum Gasteiger partial charge on any atom is -0.462 e. The second kappa shape index (κ2) is 13.8. The van der Waals surface area contributed by atoms with Gasteiger partial charge in [0, 0.05) is 18.4 Å². The van der Waals surface area contributed by atoms with E-state index in [0.29, 0.717) is 24.0 Å². The molecule has 0 heterocycles. The molecule has 4 aliphatic carbocycles. The van der Waals surface area contributed by atoms with Crippen LogP contribution in [0, 0.1) is 46.3 Å². The summed E-state index contributed by atoms with van der Waals surface area (Å²) in [5.41, 5.74) is 2.82. The zero-order valence-corrected chi connectivity index (χ0v) is 27.3. The fourth-order valence-corrected chi connectivity index (χ4v) is 9.83. The molecule has 0 aromatic carbocycles. The summed E-state index contributed by atoms with van der Waals surface area (Å²) in [6.45, 7) is 18.1. The van der Waals surface area contributed by atoms with Crippen LogP contribution in [0.4, 0.5) is 0 Å². The number of allylic oxidation sites excluding steroid dienone is 1. The van der Waals surface area contributed by atoms with Gasteiger partial charge in [0.15, 0.2) is 0 Å². The molecule has 3 fully saturated rings. The Morgan fingerprint density at radius 1 is 0.976 bits per heavy atom. The standard InChI is InChI=1S/C37H60O4/c1-25(2)12-11-13-27(5)31-17-18-32-30-16-15-28-24-29(19-21-36(28,6)33(30)20-22-37(31,32)7)41-34(38)14-9-8-10-23-40-35(39)26(3)4/h15,25,27,29-33H,3,8-14,16-24H2,1-2,4-7H3/t27-,29?,30?,31-,32?,33?,36+,37-/m1/s1. The van der Waals surface area contributed by atoms with E-state index in [-0.39, 0.29) is 23.5 Å². The van der Waals surface area contributed by atoms with E-state index < -0.39 is 0 Å². The van der Waals surface area contributed by atoms with E-state index in [4.69, 9.17) is 9.47 Å². The molecule has 0 bridgehead atoms. The first-order valence-corrected chi connectivity index (χ1v) is 17.2. The minimum absolute atomic E-state index is 0.0336. The topological polar surface area (TPSA) is 52.6 Å². The lowest BCUT2D eigenvalue weighted by Gasteiger charge is -2.58. The van der Waals surface area contributed by atoms with Gasteiger partial charge >= 0.3 is 11.9 Å². The number of carbonyl (C=O) groups excluding carboxylic acids is 2. The van der Waals surface area contributed by atoms with E-state index in [1.165, 1.54) is 51.4 Å². The molecule has 4 aliphatic rings. The number of hydrogen-bond acceptors (Lipinski definition) is 4. The van der Waals surface area contributed by atoms with Gasteiger partial charge in [0.25, 0.3) is 0 Å². The fraction of sp³-hybridized carbons (Fsp3) is 0.838. The highest BCUT2D eigenvalue weighted by Crippen LogP contribution is 2.67. The normalized spacial score (nSPS) is 35.1. The first-order valence-electron chi connectivity index (χ1n) is 17.2. The summed E-state index contributed by atoms with van der Waals surface area (Å²) in [6.07, 6.45) is 19.6. The van der Waals surface area contributed by atoms with Gasteiger partial charge in [-0.1, -0.05) is 72.1 Å². The Bertz CT molecular complexity index is 964. The van der Waals surface area contributed by atoms with Gasteiger partial charge in [-0.05, 0) is 117 Å². The van der Waals surface area contributed by atoms with Gasteiger partial charge in [-0.25, -0.2) is 4.79 Å². The lowest BCUT2D eigenvalue weighted by atomic mass is 9.47. The minimum atomic E-state index is -0.339. The second-order valence-corrected chi connectivity index (χ2v) is 15.4. The Labute approximate surface area is 251 Å². The lowest BCUT2D eigenvalue weighted by Crippen LogP contribution is -2.51. The number of carbonyl (C=O) groups is 2. The molecule has 4 unspecified atom stereocenters. The molecule has 0 saturated heterocycles. The summed E-state index contributed by atoms with van der Waals surface area (Å²) in [6, 6.07) is 0. The third-order valence-corrected chi connectivity index (χ3v) is 12.2. The van der Waals surface area contributed by atoms with Gasteiger partial charge in [0.2, 0.25) is 0 Å². The molecule has 3 saturated carbocycles. The second-order valence-electron chi connectivity index (χ2n) is 15.4. The van der Waals surface area contributed by atoms with Crippen LogP contribution < -0.4 is 0 Å². The Balaban J connectivity index is 1.26. The van der Waals surface area contributed by atoms with Crippen LogP contribution in [0.3, 0.4) is 0 Å². The molecular formula is C37H60O4. The monoisotopic (exact) mass is 568 g/mol. The summed E-state index contributed by atoms with van der Waals surface area (Å²) in [5, 5.41) is 0. The van der Waals surface area contributed by atoms with Crippen molar-refractivity contribution in [2.24, 2.45) is 46.3 Å². The summed E-state index contributed by atoms with van der Waals surface area (Å²) in [4.78, 5) is 24.1. The van der Waals surface area contributed by atoms with Crippen LogP contribution in [-0.2, 0) is 19.1 Å². The maximum absolute atomic E-state index is 12.6. The third-order valence-electron chi connectivity index (χ3n) is 12.2. The number of rotatable bonds is 13. The molecule has 0 aromatic heterocycles. The molecule has 0 spiro atoms. The van der Waals surface area contributed by atoms with Gasteiger partial charge in [0.1, 0.15) is 6.10 Å². The van der Waals surface area contributed by atoms with Crippen LogP contribution in [0.15, 0.2) is 23.8 Å². The van der Waals surface area contributed by atoms with Gasteiger partial charge < -0.3 is 9.47 Å². The fourth-order valence-electron chi connectivity index (χ4n) is 9.83. The van der Waals surface area contributed by atoms with Crippen molar-refractivity contribution in [2.45, 2.75) is 144 Å². The molecule has 232 valence electrons. The van der Waals surface area contributed by atoms with Gasteiger partial charge in [-0.3, -0.25) is 4.79 Å². The van der Waals surface area contributed by atoms with Crippen LogP contribution >= 0.6 is 0 Å². The highest BCUT2D eigenvalue weighted by molar-refractivity contribution is 5.86. The van der Waals surface area contributed by atoms with Crippen molar-refractivity contribution in [2.75, 3.05) is 6.61 Å². The highest BCUT2D eigenvalue weighted by atomic mass is 16.5. The van der Waals surface area contributed by atoms with Crippen LogP contribution in [0.25, 0.3) is 0 Å². The van der Waals surface area contributed by atoms with Crippen molar-refractivity contribution in [1.82, 2.24) is 0 Å². The largest absolute Gasteiger partial charge is 0.462 e.